The summed E-state index contributed by atoms with van der Waals surface area (Å²) in [7, 11) is 0. The maximum Gasteiger partial charge on any atom is 0.401 e. The van der Waals surface area contributed by atoms with Crippen LogP contribution in [-0.2, 0) is 9.53 Å². The second-order valence-electron chi connectivity index (χ2n) is 5.38. The molecular formula is C13H23F3N2O2. The van der Waals surface area contributed by atoms with Gasteiger partial charge in [0.15, 0.2) is 0 Å². The van der Waals surface area contributed by atoms with Crippen molar-refractivity contribution in [2.75, 3.05) is 19.7 Å². The SMILES string of the molecule is CCOC(=O)C(CN(CC(F)(F)F)C(C)C)NC1CC1. The molecule has 0 bridgehead atoms. The Morgan fingerprint density at radius 1 is 1.40 bits per heavy atom. The van der Waals surface area contributed by atoms with Crippen molar-refractivity contribution in [1.29, 1.82) is 0 Å². The van der Waals surface area contributed by atoms with E-state index >= 15 is 0 Å². The van der Waals surface area contributed by atoms with Crippen LogP contribution in [0.25, 0.3) is 0 Å². The first kappa shape index (κ1) is 17.2. The number of alkyl halides is 3. The van der Waals surface area contributed by atoms with E-state index in [1.165, 1.54) is 4.90 Å². The number of carbonyl (C=O) groups excluding carboxylic acids is 1. The second kappa shape index (κ2) is 7.26. The van der Waals surface area contributed by atoms with Gasteiger partial charge in [-0.3, -0.25) is 9.69 Å². The van der Waals surface area contributed by atoms with Crippen LogP contribution in [0.1, 0.15) is 33.6 Å². The van der Waals surface area contributed by atoms with E-state index < -0.39 is 24.7 Å². The highest BCUT2D eigenvalue weighted by atomic mass is 19.4. The summed E-state index contributed by atoms with van der Waals surface area (Å²) in [6.07, 6.45) is -2.36. The van der Waals surface area contributed by atoms with Crippen LogP contribution in [-0.4, -0.2) is 54.9 Å². The van der Waals surface area contributed by atoms with Gasteiger partial charge in [-0.15, -0.1) is 0 Å². The van der Waals surface area contributed by atoms with Crippen molar-refractivity contribution in [2.24, 2.45) is 0 Å². The first-order chi connectivity index (χ1) is 9.23. The van der Waals surface area contributed by atoms with Gasteiger partial charge in [0.05, 0.1) is 13.2 Å². The van der Waals surface area contributed by atoms with Crippen molar-refractivity contribution in [3.8, 4) is 0 Å². The Hall–Kier alpha value is -0.820. The number of ether oxygens (including phenoxy) is 1. The summed E-state index contributed by atoms with van der Waals surface area (Å²) in [5.41, 5.74) is 0. The smallest absolute Gasteiger partial charge is 0.401 e. The summed E-state index contributed by atoms with van der Waals surface area (Å²) in [6, 6.07) is -0.772. The van der Waals surface area contributed by atoms with Gasteiger partial charge in [-0.25, -0.2) is 0 Å². The van der Waals surface area contributed by atoms with Gasteiger partial charge in [-0.05, 0) is 33.6 Å². The Bertz CT molecular complexity index is 317. The predicted octanol–water partition coefficient (Wildman–Crippen LogP) is 1.94. The van der Waals surface area contributed by atoms with Crippen LogP contribution >= 0.6 is 0 Å². The highest BCUT2D eigenvalue weighted by molar-refractivity contribution is 5.76. The summed E-state index contributed by atoms with van der Waals surface area (Å²) >= 11 is 0. The van der Waals surface area contributed by atoms with Crippen LogP contribution < -0.4 is 5.32 Å². The highest BCUT2D eigenvalue weighted by Crippen LogP contribution is 2.21. The molecule has 0 aromatic heterocycles. The summed E-state index contributed by atoms with van der Waals surface area (Å²) in [4.78, 5) is 13.1. The van der Waals surface area contributed by atoms with Crippen molar-refractivity contribution in [1.82, 2.24) is 10.2 Å². The Balaban J connectivity index is 2.65. The Labute approximate surface area is 117 Å². The number of hydrogen-bond donors (Lipinski definition) is 1. The highest BCUT2D eigenvalue weighted by Gasteiger charge is 2.36. The lowest BCUT2D eigenvalue weighted by atomic mass is 10.2. The second-order valence-corrected chi connectivity index (χ2v) is 5.38. The van der Waals surface area contributed by atoms with E-state index in [1.54, 1.807) is 20.8 Å². The van der Waals surface area contributed by atoms with Crippen LogP contribution in [0.3, 0.4) is 0 Å². The molecule has 20 heavy (non-hydrogen) atoms. The fourth-order valence-corrected chi connectivity index (χ4v) is 1.90. The summed E-state index contributed by atoms with van der Waals surface area (Å²) in [5, 5.41) is 3.06. The van der Waals surface area contributed by atoms with E-state index in [0.29, 0.717) is 0 Å². The Kier molecular flexibility index (Phi) is 6.26. The molecule has 1 rings (SSSR count). The van der Waals surface area contributed by atoms with Gasteiger partial charge in [0.1, 0.15) is 6.04 Å². The number of esters is 1. The molecule has 1 unspecified atom stereocenters. The lowest BCUT2D eigenvalue weighted by Crippen LogP contribution is -2.51. The van der Waals surface area contributed by atoms with E-state index in [2.05, 4.69) is 5.32 Å². The van der Waals surface area contributed by atoms with Gasteiger partial charge in [0.25, 0.3) is 0 Å². The fourth-order valence-electron chi connectivity index (χ4n) is 1.90. The predicted molar refractivity (Wildman–Crippen MR) is 69.3 cm³/mol. The van der Waals surface area contributed by atoms with E-state index in [9.17, 15) is 18.0 Å². The van der Waals surface area contributed by atoms with Crippen molar-refractivity contribution in [2.45, 2.75) is 57.9 Å². The minimum atomic E-state index is -4.27. The molecule has 1 fully saturated rings. The van der Waals surface area contributed by atoms with Crippen LogP contribution in [0.5, 0.6) is 0 Å². The Morgan fingerprint density at radius 3 is 2.40 bits per heavy atom. The van der Waals surface area contributed by atoms with Crippen molar-refractivity contribution < 1.29 is 22.7 Å². The molecule has 0 amide bonds. The average Bonchev–Trinajstić information content (AvgIpc) is 3.09. The minimum absolute atomic E-state index is 0.00646. The van der Waals surface area contributed by atoms with E-state index in [0.717, 1.165) is 12.8 Å². The van der Waals surface area contributed by atoms with Crippen molar-refractivity contribution >= 4 is 5.97 Å². The molecule has 0 heterocycles. The molecular weight excluding hydrogens is 273 g/mol. The maximum absolute atomic E-state index is 12.6. The number of halogens is 3. The maximum atomic E-state index is 12.6. The van der Waals surface area contributed by atoms with Gasteiger partial charge < -0.3 is 10.1 Å². The number of nitrogens with one attached hydrogen (secondary N) is 1. The fraction of sp³-hybridized carbons (Fsp3) is 0.923. The molecule has 1 N–H and O–H groups in total. The molecule has 0 aromatic rings. The minimum Gasteiger partial charge on any atom is -0.465 e. The standard InChI is InChI=1S/C13H23F3N2O2/c1-4-20-12(19)11(17-10-5-6-10)7-18(9(2)3)8-13(14,15)16/h9-11,17H,4-8H2,1-3H3. The average molecular weight is 296 g/mol. The third-order valence-corrected chi connectivity index (χ3v) is 3.12. The van der Waals surface area contributed by atoms with E-state index in [1.807, 2.05) is 0 Å². The first-order valence-corrected chi connectivity index (χ1v) is 6.96. The molecule has 1 aliphatic rings. The number of hydrogen-bond acceptors (Lipinski definition) is 4. The van der Waals surface area contributed by atoms with Gasteiger partial charge in [-0.2, -0.15) is 13.2 Å². The monoisotopic (exact) mass is 296 g/mol. The molecule has 4 nitrogen and oxygen atoms in total. The van der Waals surface area contributed by atoms with E-state index in [4.69, 9.17) is 4.74 Å². The third kappa shape index (κ3) is 6.56. The number of carbonyl (C=O) groups is 1. The molecule has 7 heteroatoms. The third-order valence-electron chi connectivity index (χ3n) is 3.12. The molecule has 0 saturated heterocycles. The molecule has 0 aromatic carbocycles. The zero-order valence-electron chi connectivity index (χ0n) is 12.2. The van der Waals surface area contributed by atoms with Crippen LogP contribution in [0.2, 0.25) is 0 Å². The Morgan fingerprint density at radius 2 is 2.00 bits per heavy atom. The largest absolute Gasteiger partial charge is 0.465 e. The topological polar surface area (TPSA) is 41.6 Å². The van der Waals surface area contributed by atoms with Crippen LogP contribution in [0.4, 0.5) is 13.2 Å². The van der Waals surface area contributed by atoms with Crippen molar-refractivity contribution in [3.63, 3.8) is 0 Å². The van der Waals surface area contributed by atoms with Crippen LogP contribution in [0.15, 0.2) is 0 Å². The first-order valence-electron chi connectivity index (χ1n) is 6.96. The van der Waals surface area contributed by atoms with Gasteiger partial charge in [-0.1, -0.05) is 0 Å². The number of rotatable bonds is 8. The molecule has 1 aliphatic carbocycles. The lowest BCUT2D eigenvalue weighted by molar-refractivity contribution is -0.156. The number of nitrogens with zero attached hydrogens (tertiary/aromatic N) is 1. The zero-order valence-corrected chi connectivity index (χ0v) is 12.2. The molecule has 0 radical (unpaired) electrons. The van der Waals surface area contributed by atoms with Gasteiger partial charge in [0, 0.05) is 18.6 Å². The van der Waals surface area contributed by atoms with Crippen LogP contribution in [0, 0.1) is 0 Å². The molecule has 118 valence electrons. The normalized spacial score (nSPS) is 17.6. The summed E-state index contributed by atoms with van der Waals surface area (Å²) in [6.45, 7) is 4.26. The summed E-state index contributed by atoms with van der Waals surface area (Å²) in [5.74, 6) is -0.479. The van der Waals surface area contributed by atoms with Gasteiger partial charge >= 0.3 is 12.1 Å². The zero-order chi connectivity index (χ0) is 15.3. The van der Waals surface area contributed by atoms with Gasteiger partial charge in [0.2, 0.25) is 0 Å². The molecule has 0 spiro atoms. The van der Waals surface area contributed by atoms with Crippen molar-refractivity contribution in [3.05, 3.63) is 0 Å². The lowest BCUT2D eigenvalue weighted by Gasteiger charge is -2.30. The van der Waals surface area contributed by atoms with E-state index in [-0.39, 0.29) is 25.2 Å². The quantitative estimate of drug-likeness (QED) is 0.695. The molecule has 1 saturated carbocycles. The molecule has 0 aliphatic heterocycles. The summed E-state index contributed by atoms with van der Waals surface area (Å²) < 4.78 is 42.6. The molecule has 1 atom stereocenters.